The molecule has 0 bridgehead atoms. The summed E-state index contributed by atoms with van der Waals surface area (Å²) in [6.45, 7) is 5.21. The predicted octanol–water partition coefficient (Wildman–Crippen LogP) is 6.82. The van der Waals surface area contributed by atoms with E-state index in [1.165, 1.54) is 30.4 Å². The van der Waals surface area contributed by atoms with Crippen LogP contribution in [0.5, 0.6) is 11.5 Å². The van der Waals surface area contributed by atoms with Crippen molar-refractivity contribution in [2.24, 2.45) is 0 Å². The Morgan fingerprint density at radius 2 is 1.72 bits per heavy atom. The highest BCUT2D eigenvalue weighted by Crippen LogP contribution is 2.39. The summed E-state index contributed by atoms with van der Waals surface area (Å²) in [5.41, 5.74) is 2.57. The van der Waals surface area contributed by atoms with Crippen molar-refractivity contribution < 1.29 is 14.2 Å². The molecule has 0 N–H and O–H groups in total. The van der Waals surface area contributed by atoms with Crippen molar-refractivity contribution >= 4 is 0 Å². The lowest BCUT2D eigenvalue weighted by molar-refractivity contribution is -0.144. The summed E-state index contributed by atoms with van der Waals surface area (Å²) in [7, 11) is 0. The van der Waals surface area contributed by atoms with Gasteiger partial charge >= 0.3 is 0 Å². The summed E-state index contributed by atoms with van der Waals surface area (Å²) < 4.78 is 19.0. The number of hydrogen-bond acceptors (Lipinski definition) is 3. The van der Waals surface area contributed by atoms with Crippen molar-refractivity contribution in [3.63, 3.8) is 0 Å². The lowest BCUT2D eigenvalue weighted by atomic mass is 9.91. The van der Waals surface area contributed by atoms with Crippen LogP contribution < -0.4 is 9.47 Å². The molecular formula is C26H34O3. The van der Waals surface area contributed by atoms with Crippen LogP contribution in [0.1, 0.15) is 81.8 Å². The van der Waals surface area contributed by atoms with E-state index in [0.717, 1.165) is 37.2 Å². The van der Waals surface area contributed by atoms with Gasteiger partial charge in [0.1, 0.15) is 11.5 Å². The standard InChI is InChI=1S/C26H34O3/c1-3-19(2)20-13-15-22(16-14-20)29-26(28-21-9-5-4-6-10-21)24-17-18-27-25-12-8-7-11-23(24)25/h7-8,11-16,19,21,24,26H,3-6,9-10,17-18H2,1-2H3. The van der Waals surface area contributed by atoms with E-state index in [9.17, 15) is 0 Å². The molecule has 0 saturated heterocycles. The normalized spacial score (nSPS) is 21.7. The minimum Gasteiger partial charge on any atom is -0.493 e. The van der Waals surface area contributed by atoms with Crippen LogP contribution in [0, 0.1) is 0 Å². The molecule has 2 aromatic rings. The van der Waals surface area contributed by atoms with Gasteiger partial charge in [-0.2, -0.15) is 0 Å². The molecule has 156 valence electrons. The van der Waals surface area contributed by atoms with Crippen LogP contribution in [0.25, 0.3) is 0 Å². The summed E-state index contributed by atoms with van der Waals surface area (Å²) in [5.74, 6) is 2.62. The largest absolute Gasteiger partial charge is 0.493 e. The van der Waals surface area contributed by atoms with Gasteiger partial charge in [-0.3, -0.25) is 0 Å². The maximum absolute atomic E-state index is 6.61. The van der Waals surface area contributed by atoms with Crippen LogP contribution in [0.3, 0.4) is 0 Å². The van der Waals surface area contributed by atoms with Gasteiger partial charge in [0, 0.05) is 5.56 Å². The Hall–Kier alpha value is -2.00. The lowest BCUT2D eigenvalue weighted by Gasteiger charge is -2.35. The van der Waals surface area contributed by atoms with Crippen LogP contribution in [0.15, 0.2) is 48.5 Å². The number of fused-ring (bicyclic) bond motifs is 1. The summed E-state index contributed by atoms with van der Waals surface area (Å²) in [5, 5.41) is 0. The molecule has 3 heteroatoms. The smallest absolute Gasteiger partial charge is 0.207 e. The van der Waals surface area contributed by atoms with E-state index in [4.69, 9.17) is 14.2 Å². The molecule has 3 atom stereocenters. The SMILES string of the molecule is CCC(C)c1ccc(OC(OC2CCCCC2)C2CCOc3ccccc32)cc1. The van der Waals surface area contributed by atoms with Crippen LogP contribution in [0.4, 0.5) is 0 Å². The van der Waals surface area contributed by atoms with E-state index in [2.05, 4.69) is 56.3 Å². The van der Waals surface area contributed by atoms with E-state index in [1.54, 1.807) is 0 Å². The molecular weight excluding hydrogens is 360 g/mol. The molecule has 4 rings (SSSR count). The Balaban J connectivity index is 1.55. The second-order valence-corrected chi connectivity index (χ2v) is 8.54. The van der Waals surface area contributed by atoms with Gasteiger partial charge in [0.15, 0.2) is 0 Å². The molecule has 1 aliphatic carbocycles. The fraction of sp³-hybridized carbons (Fsp3) is 0.538. The molecule has 1 fully saturated rings. The first kappa shape index (κ1) is 20.3. The molecule has 29 heavy (non-hydrogen) atoms. The Kier molecular flexibility index (Phi) is 6.76. The van der Waals surface area contributed by atoms with Crippen molar-refractivity contribution in [2.75, 3.05) is 6.61 Å². The van der Waals surface area contributed by atoms with Crippen LogP contribution in [-0.2, 0) is 4.74 Å². The summed E-state index contributed by atoms with van der Waals surface area (Å²) >= 11 is 0. The van der Waals surface area contributed by atoms with Crippen LogP contribution >= 0.6 is 0 Å². The maximum Gasteiger partial charge on any atom is 0.207 e. The second-order valence-electron chi connectivity index (χ2n) is 8.54. The number of rotatable bonds is 7. The Labute approximate surface area is 175 Å². The van der Waals surface area contributed by atoms with Crippen LogP contribution in [-0.4, -0.2) is 19.0 Å². The average Bonchev–Trinajstić information content (AvgIpc) is 2.79. The zero-order chi connectivity index (χ0) is 20.1. The first-order valence-electron chi connectivity index (χ1n) is 11.4. The van der Waals surface area contributed by atoms with Gasteiger partial charge in [-0.25, -0.2) is 0 Å². The van der Waals surface area contributed by atoms with Gasteiger partial charge in [-0.15, -0.1) is 0 Å². The first-order chi connectivity index (χ1) is 14.2. The predicted molar refractivity (Wildman–Crippen MR) is 117 cm³/mol. The maximum atomic E-state index is 6.61. The van der Waals surface area contributed by atoms with Gasteiger partial charge < -0.3 is 14.2 Å². The molecule has 3 nitrogen and oxygen atoms in total. The van der Waals surface area contributed by atoms with E-state index < -0.39 is 0 Å². The quantitative estimate of drug-likeness (QED) is 0.482. The average molecular weight is 395 g/mol. The van der Waals surface area contributed by atoms with E-state index in [1.807, 2.05) is 6.07 Å². The highest BCUT2D eigenvalue weighted by atomic mass is 16.7. The molecule has 0 radical (unpaired) electrons. The summed E-state index contributed by atoms with van der Waals surface area (Å²) in [4.78, 5) is 0. The Bertz CT molecular complexity index is 764. The lowest BCUT2D eigenvalue weighted by Crippen LogP contribution is -2.36. The van der Waals surface area contributed by atoms with Crippen molar-refractivity contribution in [3.05, 3.63) is 59.7 Å². The van der Waals surface area contributed by atoms with E-state index >= 15 is 0 Å². The van der Waals surface area contributed by atoms with Gasteiger partial charge in [-0.05, 0) is 55.4 Å². The topological polar surface area (TPSA) is 27.7 Å². The van der Waals surface area contributed by atoms with Crippen molar-refractivity contribution in [3.8, 4) is 11.5 Å². The molecule has 2 aromatic carbocycles. The van der Waals surface area contributed by atoms with Crippen LogP contribution in [0.2, 0.25) is 0 Å². The summed E-state index contributed by atoms with van der Waals surface area (Å²) in [6, 6.07) is 16.9. The Morgan fingerprint density at radius 3 is 2.48 bits per heavy atom. The fourth-order valence-electron chi connectivity index (χ4n) is 4.49. The molecule has 1 aliphatic heterocycles. The minimum atomic E-state index is -0.280. The number of ether oxygens (including phenoxy) is 3. The van der Waals surface area contributed by atoms with Gasteiger partial charge in [0.05, 0.1) is 18.6 Å². The van der Waals surface area contributed by atoms with Crippen molar-refractivity contribution in [2.45, 2.75) is 83.0 Å². The molecule has 0 amide bonds. The molecule has 1 saturated carbocycles. The van der Waals surface area contributed by atoms with Gasteiger partial charge in [-0.1, -0.05) is 63.4 Å². The molecule has 0 spiro atoms. The van der Waals surface area contributed by atoms with Crippen molar-refractivity contribution in [1.82, 2.24) is 0 Å². The Morgan fingerprint density at radius 1 is 0.966 bits per heavy atom. The van der Waals surface area contributed by atoms with Gasteiger partial charge in [0.25, 0.3) is 0 Å². The number of hydrogen-bond donors (Lipinski definition) is 0. The van der Waals surface area contributed by atoms with E-state index in [-0.39, 0.29) is 12.2 Å². The third kappa shape index (κ3) is 4.95. The molecule has 3 unspecified atom stereocenters. The third-order valence-corrected chi connectivity index (χ3v) is 6.53. The molecule has 0 aromatic heterocycles. The molecule has 2 aliphatic rings. The monoisotopic (exact) mass is 394 g/mol. The van der Waals surface area contributed by atoms with E-state index in [0.29, 0.717) is 18.6 Å². The first-order valence-corrected chi connectivity index (χ1v) is 11.4. The van der Waals surface area contributed by atoms with Gasteiger partial charge in [0.2, 0.25) is 6.29 Å². The highest BCUT2D eigenvalue weighted by Gasteiger charge is 2.33. The number of para-hydroxylation sites is 1. The second kappa shape index (κ2) is 9.67. The zero-order valence-corrected chi connectivity index (χ0v) is 17.8. The molecule has 1 heterocycles. The zero-order valence-electron chi connectivity index (χ0n) is 17.8. The highest BCUT2D eigenvalue weighted by molar-refractivity contribution is 5.38. The minimum absolute atomic E-state index is 0.191. The van der Waals surface area contributed by atoms with Crippen molar-refractivity contribution in [1.29, 1.82) is 0 Å². The number of benzene rings is 2. The third-order valence-electron chi connectivity index (χ3n) is 6.53. The summed E-state index contributed by atoms with van der Waals surface area (Å²) in [6.07, 6.45) is 8.18. The fourth-order valence-corrected chi connectivity index (χ4v) is 4.49.